The standard InChI is InChI=1S/C11H20O4/c1-7(2)9(11(13)14)5-6-10(12)15-8(3)4/h7-9H,5-6H2,1-4H3,(H,13,14)/p-1. The molecule has 4 nitrogen and oxygen atoms in total. The molecule has 1 unspecified atom stereocenters. The van der Waals surface area contributed by atoms with Crippen LogP contribution in [0.1, 0.15) is 40.5 Å². The van der Waals surface area contributed by atoms with Gasteiger partial charge in [-0.15, -0.1) is 0 Å². The van der Waals surface area contributed by atoms with Gasteiger partial charge in [-0.25, -0.2) is 0 Å². The van der Waals surface area contributed by atoms with Gasteiger partial charge in [0, 0.05) is 18.3 Å². The van der Waals surface area contributed by atoms with Crippen LogP contribution in [0.25, 0.3) is 0 Å². The molecular weight excluding hydrogens is 196 g/mol. The summed E-state index contributed by atoms with van der Waals surface area (Å²) in [6, 6.07) is 0. The van der Waals surface area contributed by atoms with Gasteiger partial charge in [0.15, 0.2) is 0 Å². The zero-order valence-electron chi connectivity index (χ0n) is 9.78. The lowest BCUT2D eigenvalue weighted by Gasteiger charge is -2.21. The number of carbonyl (C=O) groups is 2. The van der Waals surface area contributed by atoms with E-state index >= 15 is 0 Å². The van der Waals surface area contributed by atoms with Crippen molar-refractivity contribution in [2.75, 3.05) is 0 Å². The molecule has 0 aromatic carbocycles. The van der Waals surface area contributed by atoms with Crippen LogP contribution in [0.2, 0.25) is 0 Å². The molecule has 0 aromatic heterocycles. The van der Waals surface area contributed by atoms with Crippen molar-refractivity contribution >= 4 is 11.9 Å². The second-order valence-electron chi connectivity index (χ2n) is 4.25. The number of rotatable bonds is 6. The lowest BCUT2D eigenvalue weighted by molar-refractivity contribution is -0.313. The van der Waals surface area contributed by atoms with Crippen LogP contribution in [0.15, 0.2) is 0 Å². The van der Waals surface area contributed by atoms with E-state index in [4.69, 9.17) is 4.74 Å². The van der Waals surface area contributed by atoms with Gasteiger partial charge < -0.3 is 14.6 Å². The molecular formula is C11H19O4-. The van der Waals surface area contributed by atoms with Crippen molar-refractivity contribution in [1.29, 1.82) is 0 Å². The molecule has 0 spiro atoms. The number of carbonyl (C=O) groups excluding carboxylic acids is 2. The lowest BCUT2D eigenvalue weighted by atomic mass is 9.91. The molecule has 0 radical (unpaired) electrons. The van der Waals surface area contributed by atoms with Crippen LogP contribution in [0.4, 0.5) is 0 Å². The van der Waals surface area contributed by atoms with Gasteiger partial charge in [0.1, 0.15) is 0 Å². The van der Waals surface area contributed by atoms with Crippen LogP contribution in [0.3, 0.4) is 0 Å². The number of carboxylic acid groups (broad SMARTS) is 1. The number of ether oxygens (including phenoxy) is 1. The summed E-state index contributed by atoms with van der Waals surface area (Å²) < 4.78 is 4.91. The second-order valence-corrected chi connectivity index (χ2v) is 4.25. The highest BCUT2D eigenvalue weighted by atomic mass is 16.5. The first-order valence-corrected chi connectivity index (χ1v) is 5.25. The average molecular weight is 215 g/mol. The highest BCUT2D eigenvalue weighted by Gasteiger charge is 2.17. The van der Waals surface area contributed by atoms with Gasteiger partial charge in [-0.05, 0) is 26.2 Å². The summed E-state index contributed by atoms with van der Waals surface area (Å²) in [6.45, 7) is 7.12. The smallest absolute Gasteiger partial charge is 0.306 e. The predicted octanol–water partition coefficient (Wildman–Crippen LogP) is 0.740. The summed E-state index contributed by atoms with van der Waals surface area (Å²) in [5.74, 6) is -2.05. The molecule has 0 heterocycles. The van der Waals surface area contributed by atoms with Crippen molar-refractivity contribution in [3.63, 3.8) is 0 Å². The highest BCUT2D eigenvalue weighted by molar-refractivity contribution is 5.72. The van der Waals surface area contributed by atoms with Gasteiger partial charge in [0.25, 0.3) is 0 Å². The molecule has 0 bridgehead atoms. The van der Waals surface area contributed by atoms with Crippen molar-refractivity contribution in [1.82, 2.24) is 0 Å². The zero-order valence-corrected chi connectivity index (χ0v) is 9.78. The molecule has 1 atom stereocenters. The van der Waals surface area contributed by atoms with Crippen LogP contribution in [-0.4, -0.2) is 18.0 Å². The fourth-order valence-electron chi connectivity index (χ4n) is 1.32. The summed E-state index contributed by atoms with van der Waals surface area (Å²) >= 11 is 0. The quantitative estimate of drug-likeness (QED) is 0.613. The Morgan fingerprint density at radius 1 is 1.20 bits per heavy atom. The van der Waals surface area contributed by atoms with Crippen molar-refractivity contribution in [2.24, 2.45) is 11.8 Å². The first-order valence-electron chi connectivity index (χ1n) is 5.25. The number of hydrogen-bond donors (Lipinski definition) is 0. The summed E-state index contributed by atoms with van der Waals surface area (Å²) in [7, 11) is 0. The van der Waals surface area contributed by atoms with E-state index in [0.29, 0.717) is 0 Å². The Kier molecular flexibility index (Phi) is 5.97. The first-order chi connectivity index (χ1) is 6.84. The SMILES string of the molecule is CC(C)OC(=O)CCC(C(=O)[O-])C(C)C. The Bertz CT molecular complexity index is 221. The molecule has 0 rings (SSSR count). The Hall–Kier alpha value is -1.06. The maximum Gasteiger partial charge on any atom is 0.306 e. The number of carboxylic acids is 1. The molecule has 4 heteroatoms. The van der Waals surface area contributed by atoms with E-state index in [2.05, 4.69) is 0 Å². The average Bonchev–Trinajstić information content (AvgIpc) is 2.00. The number of hydrogen-bond acceptors (Lipinski definition) is 4. The molecule has 0 amide bonds. The van der Waals surface area contributed by atoms with Crippen molar-refractivity contribution in [3.05, 3.63) is 0 Å². The third kappa shape index (κ3) is 6.10. The number of aliphatic carboxylic acids is 1. The monoisotopic (exact) mass is 215 g/mol. The van der Waals surface area contributed by atoms with Gasteiger partial charge >= 0.3 is 5.97 Å². The molecule has 88 valence electrons. The molecule has 0 aliphatic heterocycles. The van der Waals surface area contributed by atoms with Crippen molar-refractivity contribution < 1.29 is 19.4 Å². The van der Waals surface area contributed by atoms with Gasteiger partial charge in [0.05, 0.1) is 6.10 Å². The molecule has 15 heavy (non-hydrogen) atoms. The molecule has 0 N–H and O–H groups in total. The molecule has 0 aromatic rings. The summed E-state index contributed by atoms with van der Waals surface area (Å²) in [5, 5.41) is 10.7. The van der Waals surface area contributed by atoms with Gasteiger partial charge in [0.2, 0.25) is 0 Å². The fraction of sp³-hybridized carbons (Fsp3) is 0.818. The Labute approximate surface area is 90.6 Å². The minimum Gasteiger partial charge on any atom is -0.550 e. The molecule has 0 saturated heterocycles. The summed E-state index contributed by atoms with van der Waals surface area (Å²) in [5.41, 5.74) is 0. The molecule has 0 fully saturated rings. The highest BCUT2D eigenvalue weighted by Crippen LogP contribution is 2.16. The second kappa shape index (κ2) is 6.43. The third-order valence-corrected chi connectivity index (χ3v) is 2.13. The van der Waals surface area contributed by atoms with Crippen molar-refractivity contribution in [2.45, 2.75) is 46.6 Å². The van der Waals surface area contributed by atoms with Gasteiger partial charge in [-0.1, -0.05) is 13.8 Å². The molecule has 0 saturated carbocycles. The van der Waals surface area contributed by atoms with Crippen LogP contribution in [0.5, 0.6) is 0 Å². The van der Waals surface area contributed by atoms with Gasteiger partial charge in [-0.3, -0.25) is 4.79 Å². The van der Waals surface area contributed by atoms with Crippen LogP contribution >= 0.6 is 0 Å². The fourth-order valence-corrected chi connectivity index (χ4v) is 1.32. The summed E-state index contributed by atoms with van der Waals surface area (Å²) in [6.07, 6.45) is 0.263. The Balaban J connectivity index is 4.00. The maximum atomic E-state index is 11.2. The normalized spacial score (nSPS) is 12.9. The van der Waals surface area contributed by atoms with E-state index in [9.17, 15) is 14.7 Å². The van der Waals surface area contributed by atoms with Crippen LogP contribution < -0.4 is 5.11 Å². The van der Waals surface area contributed by atoms with E-state index in [0.717, 1.165) is 0 Å². The van der Waals surface area contributed by atoms with Gasteiger partial charge in [-0.2, -0.15) is 0 Å². The van der Waals surface area contributed by atoms with Crippen LogP contribution in [0, 0.1) is 11.8 Å². The minimum absolute atomic E-state index is 0.0261. The third-order valence-electron chi connectivity index (χ3n) is 2.13. The molecule has 0 aliphatic carbocycles. The number of esters is 1. The van der Waals surface area contributed by atoms with E-state index < -0.39 is 11.9 Å². The molecule has 0 aliphatic rings. The van der Waals surface area contributed by atoms with E-state index in [-0.39, 0.29) is 30.8 Å². The topological polar surface area (TPSA) is 66.4 Å². The Morgan fingerprint density at radius 3 is 2.07 bits per heavy atom. The van der Waals surface area contributed by atoms with Crippen LogP contribution in [-0.2, 0) is 14.3 Å². The van der Waals surface area contributed by atoms with E-state index in [1.165, 1.54) is 0 Å². The maximum absolute atomic E-state index is 11.2. The zero-order chi connectivity index (χ0) is 12.0. The summed E-state index contributed by atoms with van der Waals surface area (Å²) in [4.78, 5) is 21.9. The Morgan fingerprint density at radius 2 is 1.73 bits per heavy atom. The first kappa shape index (κ1) is 13.9. The largest absolute Gasteiger partial charge is 0.550 e. The van der Waals surface area contributed by atoms with Crippen molar-refractivity contribution in [3.8, 4) is 0 Å². The van der Waals surface area contributed by atoms with E-state index in [1.54, 1.807) is 27.7 Å². The predicted molar refractivity (Wildman–Crippen MR) is 53.8 cm³/mol. The minimum atomic E-state index is -1.10. The lowest BCUT2D eigenvalue weighted by Crippen LogP contribution is -2.34. The van der Waals surface area contributed by atoms with E-state index in [1.807, 2.05) is 0 Å².